The summed E-state index contributed by atoms with van der Waals surface area (Å²) < 4.78 is 153. The van der Waals surface area contributed by atoms with Crippen LogP contribution in [0.1, 0.15) is 26.7 Å². The van der Waals surface area contributed by atoms with E-state index in [1.807, 2.05) is 0 Å². The molecule has 0 amide bonds. The van der Waals surface area contributed by atoms with E-state index in [0.717, 1.165) is 6.92 Å². The van der Waals surface area contributed by atoms with E-state index >= 15 is 0 Å². The number of rotatable bonds is 3. The molecule has 0 aromatic carbocycles. The molecule has 4 nitrogen and oxygen atoms in total. The van der Waals surface area contributed by atoms with Crippen molar-refractivity contribution < 1.29 is 67.7 Å². The van der Waals surface area contributed by atoms with Crippen molar-refractivity contribution in [3.05, 3.63) is 0 Å². The number of carbonyl (C=O) groups is 1. The maximum atomic E-state index is 14.4. The highest BCUT2D eigenvalue weighted by Crippen LogP contribution is 2.61. The van der Waals surface area contributed by atoms with Crippen molar-refractivity contribution >= 4 is 5.97 Å². The zero-order valence-corrected chi connectivity index (χ0v) is 13.9. The van der Waals surface area contributed by atoms with Crippen LogP contribution in [0.2, 0.25) is 0 Å². The van der Waals surface area contributed by atoms with Crippen molar-refractivity contribution in [3.8, 4) is 0 Å². The van der Waals surface area contributed by atoms with E-state index in [2.05, 4.69) is 9.47 Å². The summed E-state index contributed by atoms with van der Waals surface area (Å²) in [7, 11) is 0. The Kier molecular flexibility index (Phi) is 6.03. The number of aliphatic hydroxyl groups is 1. The fourth-order valence-corrected chi connectivity index (χ4v) is 2.31. The number of esters is 1. The largest absolute Gasteiger partial charge is 0.449 e. The third kappa shape index (κ3) is 3.62. The van der Waals surface area contributed by atoms with Gasteiger partial charge in [-0.2, -0.15) is 48.3 Å². The van der Waals surface area contributed by atoms with Crippen LogP contribution >= 0.6 is 0 Å². The molecule has 15 heteroatoms. The lowest BCUT2D eigenvalue weighted by Gasteiger charge is -2.52. The summed E-state index contributed by atoms with van der Waals surface area (Å²) in [5.74, 6) is -16.5. The molecule has 0 aromatic heterocycles. The second kappa shape index (κ2) is 6.85. The lowest BCUT2D eigenvalue weighted by Crippen LogP contribution is -2.80. The highest BCUT2D eigenvalue weighted by Gasteiger charge is 2.90. The topological polar surface area (TPSA) is 55.8 Å². The van der Waals surface area contributed by atoms with E-state index in [9.17, 15) is 58.2 Å². The zero-order chi connectivity index (χ0) is 22.6. The summed E-state index contributed by atoms with van der Waals surface area (Å²) in [6.07, 6.45) is -27.0. The van der Waals surface area contributed by atoms with Gasteiger partial charge in [-0.05, 0) is 6.42 Å². The van der Waals surface area contributed by atoms with Crippen molar-refractivity contribution in [1.82, 2.24) is 0 Å². The molecule has 4 atom stereocenters. The van der Waals surface area contributed by atoms with Crippen LogP contribution in [0.25, 0.3) is 0 Å². The van der Waals surface area contributed by atoms with Crippen LogP contribution in [0.4, 0.5) is 48.3 Å². The average Bonchev–Trinajstić information content (AvgIpc) is 2.47. The molecule has 4 unspecified atom stereocenters. The summed E-state index contributed by atoms with van der Waals surface area (Å²) in [5, 5.41) is 9.19. The first-order valence-electron chi connectivity index (χ1n) is 7.39. The minimum Gasteiger partial charge on any atom is -0.442 e. The van der Waals surface area contributed by atoms with E-state index < -0.39 is 60.3 Å². The number of halogens is 11. The summed E-state index contributed by atoms with van der Waals surface area (Å²) in [6, 6.07) is 0. The second-order valence-corrected chi connectivity index (χ2v) is 6.12. The first-order valence-corrected chi connectivity index (χ1v) is 7.39. The van der Waals surface area contributed by atoms with Gasteiger partial charge in [0.1, 0.15) is 0 Å². The van der Waals surface area contributed by atoms with E-state index in [1.54, 1.807) is 0 Å². The Hall–Kier alpha value is -1.38. The molecule has 0 bridgehead atoms. The van der Waals surface area contributed by atoms with Crippen LogP contribution in [0, 0.1) is 5.92 Å². The van der Waals surface area contributed by atoms with Gasteiger partial charge in [0.25, 0.3) is 5.60 Å². The smallest absolute Gasteiger partial charge is 0.442 e. The predicted octanol–water partition coefficient (Wildman–Crippen LogP) is 4.11. The van der Waals surface area contributed by atoms with Crippen molar-refractivity contribution in [2.75, 3.05) is 0 Å². The van der Waals surface area contributed by atoms with Gasteiger partial charge in [-0.15, -0.1) is 0 Å². The second-order valence-electron chi connectivity index (χ2n) is 6.12. The molecule has 28 heavy (non-hydrogen) atoms. The Morgan fingerprint density at radius 3 is 1.89 bits per heavy atom. The monoisotopic (exact) mass is 442 g/mol. The van der Waals surface area contributed by atoms with Gasteiger partial charge in [-0.25, -0.2) is 0 Å². The molecule has 1 saturated heterocycles. The molecule has 1 rings (SSSR count). The summed E-state index contributed by atoms with van der Waals surface area (Å²) in [5.41, 5.74) is -5.66. The highest BCUT2D eigenvalue weighted by atomic mass is 19.4. The summed E-state index contributed by atoms with van der Waals surface area (Å²) in [4.78, 5) is 11.7. The maximum Gasteiger partial charge on any atom is 0.449 e. The van der Waals surface area contributed by atoms with Crippen LogP contribution < -0.4 is 0 Å². The Morgan fingerprint density at radius 2 is 1.57 bits per heavy atom. The third-order valence-corrected chi connectivity index (χ3v) is 4.22. The lowest BCUT2D eigenvalue weighted by atomic mass is 9.79. The quantitative estimate of drug-likeness (QED) is 0.528. The number of hydrogen-bond donors (Lipinski definition) is 1. The molecule has 0 aromatic rings. The van der Waals surface area contributed by atoms with Crippen molar-refractivity contribution in [2.24, 2.45) is 5.92 Å². The van der Waals surface area contributed by atoms with Gasteiger partial charge >= 0.3 is 36.2 Å². The molecule has 1 aliphatic heterocycles. The van der Waals surface area contributed by atoms with Gasteiger partial charge in [0.2, 0.25) is 0 Å². The minimum atomic E-state index is -6.82. The van der Waals surface area contributed by atoms with Crippen molar-refractivity contribution in [2.45, 2.75) is 68.6 Å². The lowest BCUT2D eigenvalue weighted by molar-refractivity contribution is -0.517. The number of ether oxygens (including phenoxy) is 2. The van der Waals surface area contributed by atoms with Crippen LogP contribution in [-0.2, 0) is 14.3 Å². The molecule has 0 aliphatic carbocycles. The van der Waals surface area contributed by atoms with Gasteiger partial charge in [-0.3, -0.25) is 4.79 Å². The van der Waals surface area contributed by atoms with Gasteiger partial charge in [-0.1, -0.05) is 13.8 Å². The molecule has 166 valence electrons. The zero-order valence-electron chi connectivity index (χ0n) is 13.9. The van der Waals surface area contributed by atoms with Crippen LogP contribution in [-0.4, -0.2) is 53.0 Å². The normalized spacial score (nSPS) is 32.7. The predicted molar refractivity (Wildman–Crippen MR) is 65.8 cm³/mol. The Morgan fingerprint density at radius 1 is 1.11 bits per heavy atom. The van der Waals surface area contributed by atoms with E-state index in [1.165, 1.54) is 6.92 Å². The Labute approximate surface area is 149 Å². The summed E-state index contributed by atoms with van der Waals surface area (Å²) >= 11 is 0. The third-order valence-electron chi connectivity index (χ3n) is 4.22. The minimum absolute atomic E-state index is 0.332. The van der Waals surface area contributed by atoms with Gasteiger partial charge in [0.15, 0.2) is 6.10 Å². The van der Waals surface area contributed by atoms with Gasteiger partial charge in [0.05, 0.1) is 5.92 Å². The molecule has 0 spiro atoms. The SMILES string of the molecule is CCC(C)C(=O)OC1(C(F)(F)F)CC(C(F)(F)F)OC(O)(C(F)(F)F)C1(F)F. The first kappa shape index (κ1) is 24.7. The van der Waals surface area contributed by atoms with Gasteiger partial charge in [0, 0.05) is 6.42 Å². The maximum absolute atomic E-state index is 14.4. The standard InChI is InChI=1S/C13H13F11O4/c1-3-5(2)7(25)28-8(12(19,20)21)4-6(9(14,15)16)27-11(26,10(8,17)18)13(22,23)24/h5-6,26H,3-4H2,1-2H3. The molecule has 0 saturated carbocycles. The summed E-state index contributed by atoms with van der Waals surface area (Å²) in [6.45, 7) is 2.01. The Balaban J connectivity index is 3.80. The van der Waals surface area contributed by atoms with Gasteiger partial charge < -0.3 is 14.6 Å². The van der Waals surface area contributed by atoms with E-state index in [4.69, 9.17) is 0 Å². The first-order chi connectivity index (χ1) is 12.2. The number of alkyl halides is 11. The molecule has 0 radical (unpaired) electrons. The van der Waals surface area contributed by atoms with E-state index in [0.29, 0.717) is 0 Å². The van der Waals surface area contributed by atoms with Crippen LogP contribution in [0.3, 0.4) is 0 Å². The van der Waals surface area contributed by atoms with Crippen molar-refractivity contribution in [1.29, 1.82) is 0 Å². The number of carbonyl (C=O) groups excluding carboxylic acids is 1. The average molecular weight is 442 g/mol. The van der Waals surface area contributed by atoms with E-state index in [-0.39, 0.29) is 6.42 Å². The molecular formula is C13H13F11O4. The molecule has 1 aliphatic rings. The fraction of sp³-hybridized carbons (Fsp3) is 0.923. The molecule has 1 fully saturated rings. The Bertz CT molecular complexity index is 597. The number of hydrogen-bond acceptors (Lipinski definition) is 4. The fourth-order valence-electron chi connectivity index (χ4n) is 2.31. The van der Waals surface area contributed by atoms with Crippen LogP contribution in [0.15, 0.2) is 0 Å². The molecule has 1 heterocycles. The van der Waals surface area contributed by atoms with Crippen LogP contribution in [0.5, 0.6) is 0 Å². The molecule has 1 N–H and O–H groups in total. The molecular weight excluding hydrogens is 429 g/mol. The van der Waals surface area contributed by atoms with Crippen molar-refractivity contribution in [3.63, 3.8) is 0 Å². The highest BCUT2D eigenvalue weighted by molar-refractivity contribution is 5.72.